The molecule has 6 nitrogen and oxygen atoms in total. The number of hydrogen-bond donors (Lipinski definition) is 1. The van der Waals surface area contributed by atoms with E-state index >= 15 is 0 Å². The summed E-state index contributed by atoms with van der Waals surface area (Å²) in [4.78, 5) is 20.0. The number of nitrogens with zero attached hydrogens (tertiary/aromatic N) is 4. The molecule has 6 heteroatoms. The van der Waals surface area contributed by atoms with E-state index in [1.807, 2.05) is 54.1 Å². The monoisotopic (exact) mass is 321 g/mol. The first-order valence-corrected chi connectivity index (χ1v) is 7.82. The van der Waals surface area contributed by atoms with Gasteiger partial charge in [-0.1, -0.05) is 18.2 Å². The predicted molar refractivity (Wildman–Crippen MR) is 91.6 cm³/mol. The van der Waals surface area contributed by atoms with Crippen LogP contribution in [0.3, 0.4) is 0 Å². The van der Waals surface area contributed by atoms with Gasteiger partial charge in [-0.25, -0.2) is 9.67 Å². The molecule has 1 amide bonds. The van der Waals surface area contributed by atoms with E-state index in [4.69, 9.17) is 0 Å². The average Bonchev–Trinajstić information content (AvgIpc) is 2.99. The van der Waals surface area contributed by atoms with Crippen molar-refractivity contribution in [3.63, 3.8) is 0 Å². The minimum absolute atomic E-state index is 0.0283. The molecule has 0 radical (unpaired) electrons. The molecular weight excluding hydrogens is 302 g/mol. The number of hydrogen-bond acceptors (Lipinski definition) is 4. The van der Waals surface area contributed by atoms with Crippen molar-refractivity contribution in [2.24, 2.45) is 0 Å². The number of carbonyl (C=O) groups excluding carboxylic acids is 1. The molecule has 122 valence electrons. The van der Waals surface area contributed by atoms with Gasteiger partial charge in [0.15, 0.2) is 5.82 Å². The number of para-hydroxylation sites is 1. The van der Waals surface area contributed by atoms with Crippen LogP contribution in [-0.2, 0) is 11.2 Å². The van der Waals surface area contributed by atoms with E-state index in [2.05, 4.69) is 20.4 Å². The maximum absolute atomic E-state index is 11.3. The zero-order chi connectivity index (χ0) is 16.9. The van der Waals surface area contributed by atoms with Crippen LogP contribution in [0.4, 0.5) is 0 Å². The molecule has 0 aliphatic heterocycles. The highest BCUT2D eigenvalue weighted by molar-refractivity contribution is 5.73. The fourth-order valence-corrected chi connectivity index (χ4v) is 2.55. The molecule has 1 atom stereocenters. The SMILES string of the molecule is CC(=O)N[C@@H](C)Cc1nc(-c2ccncc2)nn1-c1ccccc1. The molecule has 0 aliphatic carbocycles. The van der Waals surface area contributed by atoms with Crippen molar-refractivity contribution < 1.29 is 4.79 Å². The van der Waals surface area contributed by atoms with Crippen molar-refractivity contribution in [3.8, 4) is 17.1 Å². The number of rotatable bonds is 5. The van der Waals surface area contributed by atoms with Crippen LogP contribution in [0.2, 0.25) is 0 Å². The Hall–Kier alpha value is -3.02. The molecule has 0 unspecified atom stereocenters. The van der Waals surface area contributed by atoms with Crippen molar-refractivity contribution >= 4 is 5.91 Å². The number of benzene rings is 1. The van der Waals surface area contributed by atoms with Gasteiger partial charge >= 0.3 is 0 Å². The maximum Gasteiger partial charge on any atom is 0.217 e. The molecule has 0 bridgehead atoms. The highest BCUT2D eigenvalue weighted by Crippen LogP contribution is 2.18. The van der Waals surface area contributed by atoms with Crippen LogP contribution in [0.15, 0.2) is 54.9 Å². The Morgan fingerprint density at radius 3 is 2.54 bits per heavy atom. The molecule has 0 saturated heterocycles. The summed E-state index contributed by atoms with van der Waals surface area (Å²) in [7, 11) is 0. The van der Waals surface area contributed by atoms with Gasteiger partial charge in [-0.05, 0) is 31.2 Å². The second-order valence-corrected chi connectivity index (χ2v) is 5.64. The first-order valence-electron chi connectivity index (χ1n) is 7.82. The van der Waals surface area contributed by atoms with E-state index in [0.29, 0.717) is 12.2 Å². The number of nitrogens with one attached hydrogen (secondary N) is 1. The summed E-state index contributed by atoms with van der Waals surface area (Å²) in [6.45, 7) is 3.47. The Kier molecular flexibility index (Phi) is 4.65. The molecule has 0 spiro atoms. The lowest BCUT2D eigenvalue weighted by Gasteiger charge is -2.12. The third-order valence-corrected chi connectivity index (χ3v) is 3.55. The van der Waals surface area contributed by atoms with Gasteiger partial charge < -0.3 is 5.32 Å². The maximum atomic E-state index is 11.3. The zero-order valence-corrected chi connectivity index (χ0v) is 13.7. The molecule has 2 aromatic heterocycles. The number of amides is 1. The van der Waals surface area contributed by atoms with Gasteiger partial charge in [0.2, 0.25) is 5.91 Å². The molecule has 3 aromatic rings. The summed E-state index contributed by atoms with van der Waals surface area (Å²) in [5.41, 5.74) is 1.85. The zero-order valence-electron chi connectivity index (χ0n) is 13.7. The van der Waals surface area contributed by atoms with E-state index in [-0.39, 0.29) is 11.9 Å². The van der Waals surface area contributed by atoms with E-state index in [1.54, 1.807) is 12.4 Å². The quantitative estimate of drug-likeness (QED) is 0.783. The Bertz CT molecular complexity index is 814. The van der Waals surface area contributed by atoms with Crippen LogP contribution in [0.5, 0.6) is 0 Å². The van der Waals surface area contributed by atoms with Gasteiger partial charge in [0, 0.05) is 37.3 Å². The van der Waals surface area contributed by atoms with E-state index in [1.165, 1.54) is 6.92 Å². The number of carbonyl (C=O) groups is 1. The smallest absolute Gasteiger partial charge is 0.217 e. The Morgan fingerprint density at radius 1 is 1.17 bits per heavy atom. The third kappa shape index (κ3) is 3.65. The Morgan fingerprint density at radius 2 is 1.88 bits per heavy atom. The van der Waals surface area contributed by atoms with Crippen LogP contribution in [-0.4, -0.2) is 31.7 Å². The summed E-state index contributed by atoms with van der Waals surface area (Å²) in [5.74, 6) is 1.39. The van der Waals surface area contributed by atoms with Crippen LogP contribution in [0.25, 0.3) is 17.1 Å². The van der Waals surface area contributed by atoms with Crippen molar-refractivity contribution in [2.45, 2.75) is 26.3 Å². The lowest BCUT2D eigenvalue weighted by molar-refractivity contribution is -0.119. The average molecular weight is 321 g/mol. The van der Waals surface area contributed by atoms with Crippen molar-refractivity contribution in [1.82, 2.24) is 25.1 Å². The van der Waals surface area contributed by atoms with E-state index in [0.717, 1.165) is 17.1 Å². The van der Waals surface area contributed by atoms with Crippen LogP contribution >= 0.6 is 0 Å². The normalized spacial score (nSPS) is 11.9. The molecule has 24 heavy (non-hydrogen) atoms. The third-order valence-electron chi connectivity index (χ3n) is 3.55. The molecule has 1 aromatic carbocycles. The molecule has 3 rings (SSSR count). The van der Waals surface area contributed by atoms with Gasteiger partial charge in [0.25, 0.3) is 0 Å². The fourth-order valence-electron chi connectivity index (χ4n) is 2.55. The van der Waals surface area contributed by atoms with Gasteiger partial charge in [-0.15, -0.1) is 5.10 Å². The molecule has 0 fully saturated rings. The summed E-state index contributed by atoms with van der Waals surface area (Å²) < 4.78 is 1.83. The Balaban J connectivity index is 1.99. The van der Waals surface area contributed by atoms with E-state index in [9.17, 15) is 4.79 Å². The summed E-state index contributed by atoms with van der Waals surface area (Å²) in [6.07, 6.45) is 4.03. The van der Waals surface area contributed by atoms with E-state index < -0.39 is 0 Å². The van der Waals surface area contributed by atoms with Crippen molar-refractivity contribution in [3.05, 3.63) is 60.7 Å². The molecular formula is C18H19N5O. The molecule has 0 saturated carbocycles. The van der Waals surface area contributed by atoms with Gasteiger partial charge in [0.05, 0.1) is 5.69 Å². The number of pyridine rings is 1. The van der Waals surface area contributed by atoms with Crippen LogP contribution < -0.4 is 5.32 Å². The van der Waals surface area contributed by atoms with Crippen LogP contribution in [0.1, 0.15) is 19.7 Å². The first-order chi connectivity index (χ1) is 11.6. The van der Waals surface area contributed by atoms with Crippen molar-refractivity contribution in [2.75, 3.05) is 0 Å². The highest BCUT2D eigenvalue weighted by atomic mass is 16.1. The lowest BCUT2D eigenvalue weighted by atomic mass is 10.2. The fraction of sp³-hybridized carbons (Fsp3) is 0.222. The Labute approximate surface area is 140 Å². The van der Waals surface area contributed by atoms with Gasteiger partial charge in [-0.2, -0.15) is 0 Å². The van der Waals surface area contributed by atoms with Crippen molar-refractivity contribution in [1.29, 1.82) is 0 Å². The second-order valence-electron chi connectivity index (χ2n) is 5.64. The minimum Gasteiger partial charge on any atom is -0.353 e. The topological polar surface area (TPSA) is 72.7 Å². The highest BCUT2D eigenvalue weighted by Gasteiger charge is 2.16. The van der Waals surface area contributed by atoms with Gasteiger partial charge in [-0.3, -0.25) is 9.78 Å². The molecule has 0 aliphatic rings. The first kappa shape index (κ1) is 15.9. The summed E-state index contributed by atoms with van der Waals surface area (Å²) in [6, 6.07) is 13.6. The predicted octanol–water partition coefficient (Wildman–Crippen LogP) is 2.40. The largest absolute Gasteiger partial charge is 0.353 e. The summed E-state index contributed by atoms with van der Waals surface area (Å²) >= 11 is 0. The standard InChI is InChI=1S/C18H19N5O/c1-13(20-14(2)24)12-17-21-18(15-8-10-19-11-9-15)22-23(17)16-6-4-3-5-7-16/h3-11,13H,12H2,1-2H3,(H,20,24)/t13-/m0/s1. The molecule has 1 N–H and O–H groups in total. The number of aromatic nitrogens is 4. The lowest BCUT2D eigenvalue weighted by Crippen LogP contribution is -2.32. The minimum atomic E-state index is -0.0531. The second kappa shape index (κ2) is 7.04. The summed E-state index contributed by atoms with van der Waals surface area (Å²) in [5, 5.41) is 7.54. The van der Waals surface area contributed by atoms with Gasteiger partial charge in [0.1, 0.15) is 5.82 Å². The molecule has 2 heterocycles. The van der Waals surface area contributed by atoms with Crippen LogP contribution in [0, 0.1) is 0 Å².